The van der Waals surface area contributed by atoms with Gasteiger partial charge in [0.1, 0.15) is 5.78 Å². The highest BCUT2D eigenvalue weighted by Crippen LogP contribution is 1.94. The Morgan fingerprint density at radius 3 is 2.67 bits per heavy atom. The van der Waals surface area contributed by atoms with Crippen LogP contribution in [0.1, 0.15) is 19.8 Å². The van der Waals surface area contributed by atoms with Crippen molar-refractivity contribution in [3.63, 3.8) is 0 Å². The predicted molar refractivity (Wildman–Crippen MR) is 35.0 cm³/mol. The van der Waals surface area contributed by atoms with Gasteiger partial charge in [0, 0.05) is 13.0 Å². The SMILES string of the molecule is CC(=O)CCC(O)CN. The first-order chi connectivity index (χ1) is 4.16. The van der Waals surface area contributed by atoms with Crippen LogP contribution >= 0.6 is 0 Å². The molecule has 0 bridgehead atoms. The number of carbonyl (C=O) groups excluding carboxylic acids is 1. The van der Waals surface area contributed by atoms with Crippen molar-refractivity contribution in [2.75, 3.05) is 6.54 Å². The van der Waals surface area contributed by atoms with E-state index in [0.29, 0.717) is 12.8 Å². The largest absolute Gasteiger partial charge is 0.392 e. The number of hydrogen-bond acceptors (Lipinski definition) is 3. The molecular formula is C6H13NO2. The van der Waals surface area contributed by atoms with Crippen LogP contribution in [-0.4, -0.2) is 23.5 Å². The van der Waals surface area contributed by atoms with E-state index in [2.05, 4.69) is 0 Å². The highest BCUT2D eigenvalue weighted by atomic mass is 16.3. The van der Waals surface area contributed by atoms with Gasteiger partial charge in [0.2, 0.25) is 0 Å². The molecule has 0 saturated carbocycles. The summed E-state index contributed by atoms with van der Waals surface area (Å²) in [5.41, 5.74) is 5.10. The highest BCUT2D eigenvalue weighted by Gasteiger charge is 2.01. The fourth-order valence-corrected chi connectivity index (χ4v) is 0.488. The maximum Gasteiger partial charge on any atom is 0.129 e. The average molecular weight is 131 g/mol. The Kier molecular flexibility index (Phi) is 4.26. The number of hydrogen-bond donors (Lipinski definition) is 2. The molecular weight excluding hydrogens is 118 g/mol. The van der Waals surface area contributed by atoms with Gasteiger partial charge in [0.25, 0.3) is 0 Å². The summed E-state index contributed by atoms with van der Waals surface area (Å²) in [6.07, 6.45) is 0.415. The summed E-state index contributed by atoms with van der Waals surface area (Å²) in [6, 6.07) is 0. The Hall–Kier alpha value is -0.410. The zero-order valence-corrected chi connectivity index (χ0v) is 5.63. The fraction of sp³-hybridized carbons (Fsp3) is 0.833. The lowest BCUT2D eigenvalue weighted by Crippen LogP contribution is -2.20. The summed E-state index contributed by atoms with van der Waals surface area (Å²) in [5.74, 6) is 0.0995. The molecule has 0 spiro atoms. The molecule has 0 fully saturated rings. The molecule has 0 aromatic rings. The highest BCUT2D eigenvalue weighted by molar-refractivity contribution is 5.75. The van der Waals surface area contributed by atoms with Crippen LogP contribution in [0.2, 0.25) is 0 Å². The normalized spacial score (nSPS) is 13.2. The van der Waals surface area contributed by atoms with Crippen LogP contribution in [0.5, 0.6) is 0 Å². The van der Waals surface area contributed by atoms with Crippen LogP contribution in [0.15, 0.2) is 0 Å². The van der Waals surface area contributed by atoms with Crippen LogP contribution in [0.25, 0.3) is 0 Å². The lowest BCUT2D eigenvalue weighted by Gasteiger charge is -2.03. The van der Waals surface area contributed by atoms with Crippen LogP contribution in [0.4, 0.5) is 0 Å². The molecule has 9 heavy (non-hydrogen) atoms. The molecule has 54 valence electrons. The van der Waals surface area contributed by atoms with Crippen molar-refractivity contribution in [1.82, 2.24) is 0 Å². The second-order valence-corrected chi connectivity index (χ2v) is 2.13. The first-order valence-electron chi connectivity index (χ1n) is 3.04. The van der Waals surface area contributed by atoms with Gasteiger partial charge in [0.15, 0.2) is 0 Å². The van der Waals surface area contributed by atoms with Gasteiger partial charge in [0.05, 0.1) is 6.10 Å². The Morgan fingerprint density at radius 2 is 2.33 bits per heavy atom. The molecule has 1 atom stereocenters. The minimum Gasteiger partial charge on any atom is -0.392 e. The Labute approximate surface area is 54.9 Å². The Balaban J connectivity index is 3.16. The molecule has 0 amide bonds. The lowest BCUT2D eigenvalue weighted by atomic mass is 10.1. The van der Waals surface area contributed by atoms with Crippen molar-refractivity contribution in [2.24, 2.45) is 5.73 Å². The van der Waals surface area contributed by atoms with Gasteiger partial charge >= 0.3 is 0 Å². The number of carbonyl (C=O) groups is 1. The first-order valence-corrected chi connectivity index (χ1v) is 3.04. The molecule has 0 rings (SSSR count). The second kappa shape index (κ2) is 4.47. The maximum absolute atomic E-state index is 10.3. The molecule has 3 nitrogen and oxygen atoms in total. The third-order valence-corrected chi connectivity index (χ3v) is 1.10. The molecule has 0 heterocycles. The predicted octanol–water partition coefficient (Wildman–Crippen LogP) is -0.325. The average Bonchev–Trinajstić information content (AvgIpc) is 1.83. The molecule has 3 heteroatoms. The first kappa shape index (κ1) is 8.59. The number of rotatable bonds is 4. The number of aliphatic hydroxyl groups excluding tert-OH is 1. The van der Waals surface area contributed by atoms with E-state index in [1.807, 2.05) is 0 Å². The molecule has 0 aliphatic carbocycles. The quantitative estimate of drug-likeness (QED) is 0.549. The topological polar surface area (TPSA) is 63.3 Å². The maximum atomic E-state index is 10.3. The van der Waals surface area contributed by atoms with Gasteiger partial charge < -0.3 is 15.6 Å². The minimum absolute atomic E-state index is 0.0995. The van der Waals surface area contributed by atoms with Crippen molar-refractivity contribution in [2.45, 2.75) is 25.9 Å². The van der Waals surface area contributed by atoms with E-state index in [0.717, 1.165) is 0 Å². The number of Topliss-reactive ketones (excluding diaryl/α,β-unsaturated/α-hetero) is 1. The molecule has 1 unspecified atom stereocenters. The van der Waals surface area contributed by atoms with Crippen molar-refractivity contribution in [3.8, 4) is 0 Å². The molecule has 0 aromatic carbocycles. The number of nitrogens with two attached hydrogens (primary N) is 1. The zero-order chi connectivity index (χ0) is 7.28. The fourth-order valence-electron chi connectivity index (χ4n) is 0.488. The smallest absolute Gasteiger partial charge is 0.129 e. The van der Waals surface area contributed by atoms with Gasteiger partial charge in [-0.25, -0.2) is 0 Å². The molecule has 0 aliphatic heterocycles. The van der Waals surface area contributed by atoms with Gasteiger partial charge in [-0.15, -0.1) is 0 Å². The van der Waals surface area contributed by atoms with Crippen LogP contribution < -0.4 is 5.73 Å². The summed E-state index contributed by atoms with van der Waals surface area (Å²) in [5, 5.41) is 8.83. The third kappa shape index (κ3) is 5.46. The summed E-state index contributed by atoms with van der Waals surface area (Å²) in [4.78, 5) is 10.3. The van der Waals surface area contributed by atoms with Crippen LogP contribution in [0, 0.1) is 0 Å². The zero-order valence-electron chi connectivity index (χ0n) is 5.63. The molecule has 3 N–H and O–H groups in total. The van der Waals surface area contributed by atoms with E-state index in [1.54, 1.807) is 0 Å². The van der Waals surface area contributed by atoms with Gasteiger partial charge in [-0.2, -0.15) is 0 Å². The van der Waals surface area contributed by atoms with Crippen LogP contribution in [0.3, 0.4) is 0 Å². The molecule has 0 saturated heterocycles. The summed E-state index contributed by atoms with van der Waals surface area (Å²) in [6.45, 7) is 1.75. The minimum atomic E-state index is -0.506. The summed E-state index contributed by atoms with van der Waals surface area (Å²) < 4.78 is 0. The second-order valence-electron chi connectivity index (χ2n) is 2.13. The van der Waals surface area contributed by atoms with Crippen LogP contribution in [-0.2, 0) is 4.79 Å². The summed E-state index contributed by atoms with van der Waals surface area (Å²) in [7, 11) is 0. The van der Waals surface area contributed by atoms with Gasteiger partial charge in [-0.1, -0.05) is 0 Å². The molecule has 0 aromatic heterocycles. The van der Waals surface area contributed by atoms with E-state index in [-0.39, 0.29) is 12.3 Å². The van der Waals surface area contributed by atoms with E-state index in [9.17, 15) is 4.79 Å². The van der Waals surface area contributed by atoms with Crippen molar-refractivity contribution >= 4 is 5.78 Å². The summed E-state index contributed by atoms with van der Waals surface area (Å²) >= 11 is 0. The van der Waals surface area contributed by atoms with E-state index in [4.69, 9.17) is 10.8 Å². The van der Waals surface area contributed by atoms with Gasteiger partial charge in [-0.3, -0.25) is 0 Å². The monoisotopic (exact) mass is 131 g/mol. The number of aliphatic hydroxyl groups is 1. The van der Waals surface area contributed by atoms with Crippen molar-refractivity contribution < 1.29 is 9.90 Å². The third-order valence-electron chi connectivity index (χ3n) is 1.10. The lowest BCUT2D eigenvalue weighted by molar-refractivity contribution is -0.117. The van der Waals surface area contributed by atoms with Crippen molar-refractivity contribution in [3.05, 3.63) is 0 Å². The van der Waals surface area contributed by atoms with E-state index >= 15 is 0 Å². The molecule has 0 aliphatic rings. The Bertz CT molecular complexity index is 93.1. The standard InChI is InChI=1S/C6H13NO2/c1-5(8)2-3-6(9)4-7/h6,9H,2-4,7H2,1H3. The van der Waals surface area contributed by atoms with E-state index < -0.39 is 6.10 Å². The van der Waals surface area contributed by atoms with Crippen molar-refractivity contribution in [1.29, 1.82) is 0 Å². The number of ketones is 1. The molecule has 0 radical (unpaired) electrons. The van der Waals surface area contributed by atoms with E-state index in [1.165, 1.54) is 6.92 Å². The Morgan fingerprint density at radius 1 is 1.78 bits per heavy atom. The van der Waals surface area contributed by atoms with Gasteiger partial charge in [-0.05, 0) is 13.3 Å².